The minimum atomic E-state index is 0.483. The smallest absolute Gasteiger partial charge is 0.225 e. The van der Waals surface area contributed by atoms with Crippen molar-refractivity contribution in [3.05, 3.63) is 72.3 Å². The maximum atomic E-state index is 5.57. The van der Waals surface area contributed by atoms with E-state index in [1.807, 2.05) is 24.3 Å². The van der Waals surface area contributed by atoms with Crippen LogP contribution >= 0.6 is 0 Å². The van der Waals surface area contributed by atoms with Gasteiger partial charge < -0.3 is 25.1 Å². The van der Waals surface area contributed by atoms with E-state index in [1.165, 1.54) is 36.6 Å². The highest BCUT2D eigenvalue weighted by Crippen LogP contribution is 2.36. The molecule has 0 aliphatic heterocycles. The van der Waals surface area contributed by atoms with Crippen LogP contribution in [0.3, 0.4) is 0 Å². The first-order chi connectivity index (χ1) is 18.7. The fourth-order valence-electron chi connectivity index (χ4n) is 5.53. The Labute approximate surface area is 222 Å². The van der Waals surface area contributed by atoms with Crippen LogP contribution in [0.5, 0.6) is 11.5 Å². The van der Waals surface area contributed by atoms with Crippen molar-refractivity contribution in [1.82, 2.24) is 15.0 Å². The van der Waals surface area contributed by atoms with Crippen molar-refractivity contribution in [3.8, 4) is 22.8 Å². The van der Waals surface area contributed by atoms with E-state index in [-0.39, 0.29) is 0 Å². The summed E-state index contributed by atoms with van der Waals surface area (Å²) < 4.78 is 11.0. The molecular weight excluding hydrogens is 474 g/mol. The first-order valence-electron chi connectivity index (χ1n) is 13.3. The molecule has 0 radical (unpaired) electrons. The predicted molar refractivity (Wildman–Crippen MR) is 154 cm³/mol. The van der Waals surface area contributed by atoms with E-state index in [4.69, 9.17) is 19.4 Å². The van der Waals surface area contributed by atoms with E-state index in [0.29, 0.717) is 30.0 Å². The van der Waals surface area contributed by atoms with Crippen molar-refractivity contribution < 1.29 is 9.47 Å². The Morgan fingerprint density at radius 3 is 2.45 bits per heavy atom. The highest BCUT2D eigenvalue weighted by molar-refractivity contribution is 5.92. The molecule has 0 bridgehead atoms. The Morgan fingerprint density at radius 1 is 0.868 bits per heavy atom. The number of rotatable bonds is 9. The van der Waals surface area contributed by atoms with Crippen LogP contribution in [0, 0.1) is 0 Å². The van der Waals surface area contributed by atoms with Crippen molar-refractivity contribution in [3.63, 3.8) is 0 Å². The zero-order valence-corrected chi connectivity index (χ0v) is 21.9. The zero-order chi connectivity index (χ0) is 25.9. The summed E-state index contributed by atoms with van der Waals surface area (Å²) >= 11 is 0. The SMILES string of the molecule is COc1ccc(-c2[nH]c3ccccc3c2CCNc2nc(NC3CCCC3)c3ccccc3n2)cc1OC. The Kier molecular flexibility index (Phi) is 6.73. The number of ether oxygens (including phenoxy) is 2. The van der Waals surface area contributed by atoms with Gasteiger partial charge in [-0.05, 0) is 61.2 Å². The number of hydrogen-bond acceptors (Lipinski definition) is 6. The highest BCUT2D eigenvalue weighted by atomic mass is 16.5. The molecule has 0 amide bonds. The minimum absolute atomic E-state index is 0.483. The third kappa shape index (κ3) is 4.72. The molecular formula is C31H33N5O2. The fourth-order valence-corrected chi connectivity index (χ4v) is 5.53. The topological polar surface area (TPSA) is 84.1 Å². The van der Waals surface area contributed by atoms with Gasteiger partial charge in [0, 0.05) is 40.1 Å². The van der Waals surface area contributed by atoms with E-state index < -0.39 is 0 Å². The summed E-state index contributed by atoms with van der Waals surface area (Å²) in [6, 6.07) is 23.2. The third-order valence-electron chi connectivity index (χ3n) is 7.44. The van der Waals surface area contributed by atoms with Gasteiger partial charge in [-0.3, -0.25) is 0 Å². The number of aromatic nitrogens is 3. The number of methoxy groups -OCH3 is 2. The summed E-state index contributed by atoms with van der Waals surface area (Å²) in [6.45, 7) is 0.698. The lowest BCUT2D eigenvalue weighted by molar-refractivity contribution is 0.355. The summed E-state index contributed by atoms with van der Waals surface area (Å²) in [7, 11) is 3.32. The van der Waals surface area contributed by atoms with Crippen LogP contribution in [-0.4, -0.2) is 41.8 Å². The van der Waals surface area contributed by atoms with Crippen LogP contribution in [0.15, 0.2) is 66.7 Å². The van der Waals surface area contributed by atoms with Crippen LogP contribution < -0.4 is 20.1 Å². The van der Waals surface area contributed by atoms with E-state index in [1.54, 1.807) is 14.2 Å². The Balaban J connectivity index is 1.28. The molecule has 0 unspecified atom stereocenters. The van der Waals surface area contributed by atoms with E-state index >= 15 is 0 Å². The normalized spacial score (nSPS) is 13.7. The number of hydrogen-bond donors (Lipinski definition) is 3. The molecule has 1 aliphatic rings. The number of H-pyrrole nitrogens is 1. The number of benzene rings is 3. The molecule has 1 fully saturated rings. The summed E-state index contributed by atoms with van der Waals surface area (Å²) in [5.74, 6) is 2.99. The quantitative estimate of drug-likeness (QED) is 0.203. The number of anilines is 2. The van der Waals surface area contributed by atoms with Gasteiger partial charge in [0.2, 0.25) is 5.95 Å². The van der Waals surface area contributed by atoms with Gasteiger partial charge in [0.25, 0.3) is 0 Å². The van der Waals surface area contributed by atoms with E-state index in [2.05, 4.69) is 58.1 Å². The molecule has 2 aromatic heterocycles. The second kappa shape index (κ2) is 10.6. The van der Waals surface area contributed by atoms with Gasteiger partial charge in [0.15, 0.2) is 11.5 Å². The number of para-hydroxylation sites is 2. The van der Waals surface area contributed by atoms with Crippen LogP contribution in [0.4, 0.5) is 11.8 Å². The second-order valence-electron chi connectivity index (χ2n) is 9.81. The van der Waals surface area contributed by atoms with Gasteiger partial charge in [0.05, 0.1) is 19.7 Å². The number of fused-ring (bicyclic) bond motifs is 2. The average Bonchev–Trinajstić information content (AvgIpc) is 3.61. The number of nitrogens with one attached hydrogen (secondary N) is 3. The van der Waals surface area contributed by atoms with Crippen LogP contribution in [0.25, 0.3) is 33.1 Å². The van der Waals surface area contributed by atoms with Crippen molar-refractivity contribution in [2.45, 2.75) is 38.1 Å². The third-order valence-corrected chi connectivity index (χ3v) is 7.44. The molecule has 0 atom stereocenters. The lowest BCUT2D eigenvalue weighted by Crippen LogP contribution is -2.17. The molecule has 38 heavy (non-hydrogen) atoms. The maximum Gasteiger partial charge on any atom is 0.225 e. The minimum Gasteiger partial charge on any atom is -0.493 e. The van der Waals surface area contributed by atoms with Crippen LogP contribution in [0.2, 0.25) is 0 Å². The first kappa shape index (κ1) is 24.1. The lowest BCUT2D eigenvalue weighted by Gasteiger charge is -2.16. The molecule has 194 valence electrons. The maximum absolute atomic E-state index is 5.57. The highest BCUT2D eigenvalue weighted by Gasteiger charge is 2.18. The summed E-state index contributed by atoms with van der Waals surface area (Å²) in [5, 5.41) is 9.47. The van der Waals surface area contributed by atoms with Crippen molar-refractivity contribution in [2.75, 3.05) is 31.4 Å². The Morgan fingerprint density at radius 2 is 1.63 bits per heavy atom. The molecule has 1 saturated carbocycles. The zero-order valence-electron chi connectivity index (χ0n) is 21.9. The summed E-state index contributed by atoms with van der Waals surface area (Å²) in [4.78, 5) is 13.3. The van der Waals surface area contributed by atoms with Crippen molar-refractivity contribution in [2.24, 2.45) is 0 Å². The average molecular weight is 508 g/mol. The van der Waals surface area contributed by atoms with Gasteiger partial charge in [-0.15, -0.1) is 0 Å². The molecule has 6 rings (SSSR count). The second-order valence-corrected chi connectivity index (χ2v) is 9.81. The fraction of sp³-hybridized carbons (Fsp3) is 0.290. The molecule has 7 nitrogen and oxygen atoms in total. The molecule has 0 spiro atoms. The molecule has 3 N–H and O–H groups in total. The van der Waals surface area contributed by atoms with E-state index in [0.717, 1.165) is 39.9 Å². The van der Waals surface area contributed by atoms with Crippen LogP contribution in [0.1, 0.15) is 31.2 Å². The molecule has 0 saturated heterocycles. The first-order valence-corrected chi connectivity index (χ1v) is 13.3. The summed E-state index contributed by atoms with van der Waals surface area (Å²) in [5.41, 5.74) is 5.43. The standard InChI is InChI=1S/C31H33N5O2/c1-37-27-16-15-20(19-28(27)38-2)29-23(22-11-5-7-13-25(22)34-29)17-18-32-31-35-26-14-8-6-12-24(26)30(36-31)33-21-9-3-4-10-21/h5-8,11-16,19,21,34H,3-4,9-10,17-18H2,1-2H3,(H2,32,33,35,36). The van der Waals surface area contributed by atoms with Crippen molar-refractivity contribution in [1.29, 1.82) is 0 Å². The van der Waals surface area contributed by atoms with Crippen molar-refractivity contribution >= 4 is 33.6 Å². The van der Waals surface area contributed by atoms with Gasteiger partial charge in [-0.2, -0.15) is 4.98 Å². The summed E-state index contributed by atoms with van der Waals surface area (Å²) in [6.07, 6.45) is 5.74. The Bertz CT molecular complexity index is 1570. The van der Waals surface area contributed by atoms with Gasteiger partial charge in [0.1, 0.15) is 5.82 Å². The molecule has 2 heterocycles. The molecule has 1 aliphatic carbocycles. The Hall–Kier alpha value is -4.26. The lowest BCUT2D eigenvalue weighted by atomic mass is 10.0. The van der Waals surface area contributed by atoms with Gasteiger partial charge in [-0.1, -0.05) is 43.2 Å². The predicted octanol–water partition coefficient (Wildman–Crippen LogP) is 6.80. The largest absolute Gasteiger partial charge is 0.493 e. The monoisotopic (exact) mass is 507 g/mol. The van der Waals surface area contributed by atoms with Gasteiger partial charge in [-0.25, -0.2) is 4.98 Å². The van der Waals surface area contributed by atoms with Crippen LogP contribution in [-0.2, 0) is 6.42 Å². The molecule has 3 aromatic carbocycles. The number of aromatic amines is 1. The number of nitrogens with zero attached hydrogens (tertiary/aromatic N) is 2. The van der Waals surface area contributed by atoms with Gasteiger partial charge >= 0.3 is 0 Å². The molecule has 7 heteroatoms. The van der Waals surface area contributed by atoms with E-state index in [9.17, 15) is 0 Å². The molecule has 5 aromatic rings.